The van der Waals surface area contributed by atoms with Crippen LogP contribution < -0.4 is 5.32 Å². The molecule has 1 amide bonds. The van der Waals surface area contributed by atoms with Crippen LogP contribution in [0, 0.1) is 6.92 Å². The normalized spacial score (nSPS) is 11.2. The number of amides is 1. The van der Waals surface area contributed by atoms with Gasteiger partial charge in [-0.3, -0.25) is 4.79 Å². The Morgan fingerprint density at radius 1 is 1.12 bits per heavy atom. The highest BCUT2D eigenvalue weighted by molar-refractivity contribution is 5.94. The van der Waals surface area contributed by atoms with Gasteiger partial charge in [0.1, 0.15) is 5.82 Å². The Hall–Kier alpha value is -2.66. The first-order valence-electron chi connectivity index (χ1n) is 8.98. The van der Waals surface area contributed by atoms with Gasteiger partial charge in [-0.05, 0) is 45.3 Å². The predicted octanol–water partition coefficient (Wildman–Crippen LogP) is 2.88. The van der Waals surface area contributed by atoms with Crippen LogP contribution in [0.1, 0.15) is 21.7 Å². The molecule has 3 rings (SSSR count). The fraction of sp³-hybridized carbons (Fsp3) is 0.333. The lowest BCUT2D eigenvalue weighted by Gasteiger charge is -2.13. The number of carbonyl (C=O) groups excluding carboxylic acids is 1. The summed E-state index contributed by atoms with van der Waals surface area (Å²) >= 11 is 0. The van der Waals surface area contributed by atoms with Crippen molar-refractivity contribution in [2.24, 2.45) is 0 Å². The third-order valence-electron chi connectivity index (χ3n) is 4.45. The number of rotatable bonds is 7. The van der Waals surface area contributed by atoms with Crippen LogP contribution in [0.15, 0.2) is 48.5 Å². The zero-order valence-corrected chi connectivity index (χ0v) is 15.7. The number of imidazole rings is 1. The van der Waals surface area contributed by atoms with E-state index in [4.69, 9.17) is 4.98 Å². The zero-order valence-electron chi connectivity index (χ0n) is 15.7. The summed E-state index contributed by atoms with van der Waals surface area (Å²) in [5.74, 6) is 0.971. The predicted molar refractivity (Wildman–Crippen MR) is 106 cm³/mol. The molecular formula is C21H26N4O. The van der Waals surface area contributed by atoms with Gasteiger partial charge in [0, 0.05) is 31.6 Å². The Morgan fingerprint density at radius 3 is 2.58 bits per heavy atom. The van der Waals surface area contributed by atoms with Crippen LogP contribution in [0.25, 0.3) is 11.0 Å². The molecule has 3 aromatic rings. The van der Waals surface area contributed by atoms with E-state index in [0.717, 1.165) is 35.5 Å². The van der Waals surface area contributed by atoms with E-state index in [1.807, 2.05) is 49.4 Å². The molecule has 0 radical (unpaired) electrons. The van der Waals surface area contributed by atoms with Gasteiger partial charge in [0.15, 0.2) is 0 Å². The van der Waals surface area contributed by atoms with E-state index in [1.165, 1.54) is 0 Å². The fourth-order valence-electron chi connectivity index (χ4n) is 2.96. The summed E-state index contributed by atoms with van der Waals surface area (Å²) in [5.41, 5.74) is 3.99. The Bertz CT molecular complexity index is 881. The molecule has 0 aliphatic carbocycles. The highest BCUT2D eigenvalue weighted by Gasteiger charge is 2.11. The zero-order chi connectivity index (χ0) is 18.5. The molecule has 2 aromatic carbocycles. The van der Waals surface area contributed by atoms with E-state index in [-0.39, 0.29) is 5.91 Å². The lowest BCUT2D eigenvalue weighted by atomic mass is 10.1. The summed E-state index contributed by atoms with van der Waals surface area (Å²) in [6.45, 7) is 4.41. The van der Waals surface area contributed by atoms with Crippen LogP contribution in [-0.4, -0.2) is 47.5 Å². The minimum absolute atomic E-state index is 0.0408. The number of nitrogens with one attached hydrogen (secondary N) is 1. The molecule has 1 aromatic heterocycles. The van der Waals surface area contributed by atoms with Crippen molar-refractivity contribution < 1.29 is 4.79 Å². The highest BCUT2D eigenvalue weighted by Crippen LogP contribution is 2.16. The number of benzene rings is 2. The van der Waals surface area contributed by atoms with Crippen molar-refractivity contribution in [3.8, 4) is 0 Å². The van der Waals surface area contributed by atoms with Crippen molar-refractivity contribution in [2.45, 2.75) is 19.9 Å². The number of hydrogen-bond acceptors (Lipinski definition) is 3. The van der Waals surface area contributed by atoms with Crippen LogP contribution in [0.4, 0.5) is 0 Å². The van der Waals surface area contributed by atoms with E-state index in [1.54, 1.807) is 0 Å². The first-order chi connectivity index (χ1) is 12.5. The second kappa shape index (κ2) is 8.15. The van der Waals surface area contributed by atoms with Crippen molar-refractivity contribution in [3.05, 3.63) is 65.5 Å². The summed E-state index contributed by atoms with van der Waals surface area (Å²) in [7, 11) is 4.14. The van der Waals surface area contributed by atoms with Crippen LogP contribution in [0.3, 0.4) is 0 Å². The molecular weight excluding hydrogens is 324 g/mol. The Kier molecular flexibility index (Phi) is 5.68. The summed E-state index contributed by atoms with van der Waals surface area (Å²) in [4.78, 5) is 19.2. The van der Waals surface area contributed by atoms with E-state index >= 15 is 0 Å². The molecule has 26 heavy (non-hydrogen) atoms. The molecule has 0 aliphatic rings. The van der Waals surface area contributed by atoms with Crippen LogP contribution in [-0.2, 0) is 13.0 Å². The van der Waals surface area contributed by atoms with E-state index in [0.29, 0.717) is 18.5 Å². The molecule has 1 heterocycles. The van der Waals surface area contributed by atoms with Crippen molar-refractivity contribution in [2.75, 3.05) is 27.2 Å². The number of nitrogens with zero attached hydrogens (tertiary/aromatic N) is 3. The molecule has 0 saturated carbocycles. The molecule has 0 bridgehead atoms. The molecule has 0 atom stereocenters. The quantitative estimate of drug-likeness (QED) is 0.713. The summed E-state index contributed by atoms with van der Waals surface area (Å²) in [5, 5.41) is 3.00. The number of para-hydroxylation sites is 2. The van der Waals surface area contributed by atoms with Crippen molar-refractivity contribution in [3.63, 3.8) is 0 Å². The highest BCUT2D eigenvalue weighted by atomic mass is 16.1. The first kappa shape index (κ1) is 18.1. The molecule has 136 valence electrons. The van der Waals surface area contributed by atoms with Crippen LogP contribution >= 0.6 is 0 Å². The Balaban J connectivity index is 1.68. The van der Waals surface area contributed by atoms with Crippen molar-refractivity contribution >= 4 is 16.9 Å². The van der Waals surface area contributed by atoms with Gasteiger partial charge >= 0.3 is 0 Å². The number of fused-ring (bicyclic) bond motifs is 1. The summed E-state index contributed by atoms with van der Waals surface area (Å²) in [6.07, 6.45) is 0.708. The molecule has 0 aliphatic heterocycles. The largest absolute Gasteiger partial charge is 0.352 e. The Labute approximate surface area is 154 Å². The standard InChI is InChI=1S/C21H26N4O/c1-16-8-10-17(11-9-16)21(26)22-13-12-20-23-18-6-4-5-7-19(18)25(20)15-14-24(2)3/h4-11H,12-15H2,1-3H3,(H,22,26). The average molecular weight is 350 g/mol. The van der Waals surface area contributed by atoms with Gasteiger partial charge in [-0.1, -0.05) is 29.8 Å². The molecule has 0 fully saturated rings. The second-order valence-electron chi connectivity index (χ2n) is 6.84. The summed E-state index contributed by atoms with van der Waals surface area (Å²) in [6, 6.07) is 15.8. The molecule has 0 saturated heterocycles. The molecule has 0 unspecified atom stereocenters. The third kappa shape index (κ3) is 4.29. The topological polar surface area (TPSA) is 50.2 Å². The second-order valence-corrected chi connectivity index (χ2v) is 6.84. The van der Waals surface area contributed by atoms with Gasteiger partial charge in [0.2, 0.25) is 0 Å². The molecule has 5 nitrogen and oxygen atoms in total. The van der Waals surface area contributed by atoms with Gasteiger partial charge in [0.05, 0.1) is 11.0 Å². The maximum Gasteiger partial charge on any atom is 0.251 e. The van der Waals surface area contributed by atoms with Gasteiger partial charge in [-0.25, -0.2) is 4.98 Å². The minimum atomic E-state index is -0.0408. The monoisotopic (exact) mass is 350 g/mol. The van der Waals surface area contributed by atoms with E-state index < -0.39 is 0 Å². The molecule has 1 N–H and O–H groups in total. The lowest BCUT2D eigenvalue weighted by molar-refractivity contribution is 0.0954. The van der Waals surface area contributed by atoms with Crippen molar-refractivity contribution in [1.29, 1.82) is 0 Å². The average Bonchev–Trinajstić information content (AvgIpc) is 2.98. The smallest absolute Gasteiger partial charge is 0.251 e. The van der Waals surface area contributed by atoms with Crippen LogP contribution in [0.5, 0.6) is 0 Å². The number of likely N-dealkylation sites (N-methyl/N-ethyl adjacent to an activating group) is 1. The van der Waals surface area contributed by atoms with Gasteiger partial charge < -0.3 is 14.8 Å². The van der Waals surface area contributed by atoms with E-state index in [2.05, 4.69) is 34.9 Å². The number of aromatic nitrogens is 2. The van der Waals surface area contributed by atoms with Gasteiger partial charge in [-0.2, -0.15) is 0 Å². The maximum atomic E-state index is 12.3. The van der Waals surface area contributed by atoms with Crippen molar-refractivity contribution in [1.82, 2.24) is 19.8 Å². The van der Waals surface area contributed by atoms with Crippen LogP contribution in [0.2, 0.25) is 0 Å². The Morgan fingerprint density at radius 2 is 1.85 bits per heavy atom. The molecule has 0 spiro atoms. The van der Waals surface area contributed by atoms with Gasteiger partial charge in [-0.15, -0.1) is 0 Å². The minimum Gasteiger partial charge on any atom is -0.352 e. The van der Waals surface area contributed by atoms with E-state index in [9.17, 15) is 4.79 Å². The SMILES string of the molecule is Cc1ccc(C(=O)NCCc2nc3ccccc3n2CCN(C)C)cc1. The summed E-state index contributed by atoms with van der Waals surface area (Å²) < 4.78 is 2.26. The lowest BCUT2D eigenvalue weighted by Crippen LogP contribution is -2.27. The molecule has 5 heteroatoms. The maximum absolute atomic E-state index is 12.3. The number of carbonyl (C=O) groups is 1. The number of aryl methyl sites for hydroxylation is 1. The number of hydrogen-bond donors (Lipinski definition) is 1. The third-order valence-corrected chi connectivity index (χ3v) is 4.45. The first-order valence-corrected chi connectivity index (χ1v) is 8.98. The van der Waals surface area contributed by atoms with Gasteiger partial charge in [0.25, 0.3) is 5.91 Å². The fourth-order valence-corrected chi connectivity index (χ4v) is 2.96.